The number of hydrogen-bond donors (Lipinski definition) is 0. The Kier molecular flexibility index (Phi) is 2.88. The summed E-state index contributed by atoms with van der Waals surface area (Å²) < 4.78 is 2.14. The number of aldehydes is 1. The molecule has 0 bridgehead atoms. The molecule has 94 valence electrons. The average Bonchev–Trinajstić information content (AvgIpc) is 2.81. The fourth-order valence-electron chi connectivity index (χ4n) is 2.29. The summed E-state index contributed by atoms with van der Waals surface area (Å²) in [4.78, 5) is 15.3. The van der Waals surface area contributed by atoms with Crippen molar-refractivity contribution in [3.8, 4) is 0 Å². The minimum absolute atomic E-state index is 0.707. The van der Waals surface area contributed by atoms with Crippen molar-refractivity contribution < 1.29 is 4.79 Å². The smallest absolute Gasteiger partial charge is 0.150 e. The lowest BCUT2D eigenvalue weighted by molar-refractivity contribution is 0.112. The summed E-state index contributed by atoms with van der Waals surface area (Å²) in [6.45, 7) is 2.74. The van der Waals surface area contributed by atoms with E-state index in [0.29, 0.717) is 5.56 Å². The molecule has 0 aliphatic rings. The standard InChI is InChI=1S/C16H14N2O/c1-12-3-2-4-15(17-12)10-18-8-7-14-9-13(11-19)5-6-16(14)18/h2-9,11H,10H2,1H3. The zero-order valence-corrected chi connectivity index (χ0v) is 10.7. The van der Waals surface area contributed by atoms with Crippen LogP contribution in [0.2, 0.25) is 0 Å². The van der Waals surface area contributed by atoms with Gasteiger partial charge in [0, 0.05) is 28.4 Å². The first-order valence-electron chi connectivity index (χ1n) is 6.23. The second-order valence-corrected chi connectivity index (χ2v) is 4.65. The fraction of sp³-hybridized carbons (Fsp3) is 0.125. The van der Waals surface area contributed by atoms with Gasteiger partial charge in [-0.05, 0) is 43.3 Å². The molecule has 3 nitrogen and oxygen atoms in total. The fourth-order valence-corrected chi connectivity index (χ4v) is 2.29. The van der Waals surface area contributed by atoms with Crippen LogP contribution in [0.25, 0.3) is 10.9 Å². The van der Waals surface area contributed by atoms with Crippen molar-refractivity contribution in [2.75, 3.05) is 0 Å². The summed E-state index contributed by atoms with van der Waals surface area (Å²) in [6, 6.07) is 13.8. The number of rotatable bonds is 3. The van der Waals surface area contributed by atoms with Crippen LogP contribution < -0.4 is 0 Å². The first-order valence-corrected chi connectivity index (χ1v) is 6.23. The summed E-state index contributed by atoms with van der Waals surface area (Å²) in [6.07, 6.45) is 2.90. The monoisotopic (exact) mass is 250 g/mol. The second kappa shape index (κ2) is 4.69. The molecule has 2 aromatic heterocycles. The number of aromatic nitrogens is 2. The van der Waals surface area contributed by atoms with Crippen LogP contribution in [0.5, 0.6) is 0 Å². The normalized spacial score (nSPS) is 10.8. The number of carbonyl (C=O) groups is 1. The lowest BCUT2D eigenvalue weighted by atomic mass is 10.2. The van der Waals surface area contributed by atoms with Gasteiger partial charge < -0.3 is 4.57 Å². The van der Waals surface area contributed by atoms with Gasteiger partial charge in [-0.25, -0.2) is 0 Å². The second-order valence-electron chi connectivity index (χ2n) is 4.65. The Labute approximate surface area is 111 Å². The third-order valence-corrected chi connectivity index (χ3v) is 3.21. The third kappa shape index (κ3) is 2.27. The van der Waals surface area contributed by atoms with Crippen molar-refractivity contribution in [1.82, 2.24) is 9.55 Å². The van der Waals surface area contributed by atoms with E-state index >= 15 is 0 Å². The van der Waals surface area contributed by atoms with Gasteiger partial charge in [-0.1, -0.05) is 6.07 Å². The molecule has 3 aromatic rings. The Hall–Kier alpha value is -2.42. The predicted molar refractivity (Wildman–Crippen MR) is 75.4 cm³/mol. The maximum atomic E-state index is 10.8. The van der Waals surface area contributed by atoms with Gasteiger partial charge in [0.05, 0.1) is 12.2 Å². The molecule has 0 radical (unpaired) electrons. The minimum Gasteiger partial charge on any atom is -0.341 e. The van der Waals surface area contributed by atoms with Crippen LogP contribution in [0.15, 0.2) is 48.7 Å². The van der Waals surface area contributed by atoms with Crippen molar-refractivity contribution in [1.29, 1.82) is 0 Å². The lowest BCUT2D eigenvalue weighted by Gasteiger charge is -2.06. The molecule has 0 aliphatic carbocycles. The first kappa shape index (κ1) is 11.7. The molecule has 3 rings (SSSR count). The maximum absolute atomic E-state index is 10.8. The van der Waals surface area contributed by atoms with E-state index in [-0.39, 0.29) is 0 Å². The largest absolute Gasteiger partial charge is 0.341 e. The van der Waals surface area contributed by atoms with Crippen LogP contribution in [0.1, 0.15) is 21.7 Å². The Morgan fingerprint density at radius 1 is 1.21 bits per heavy atom. The van der Waals surface area contributed by atoms with E-state index in [2.05, 4.69) is 9.55 Å². The molecule has 19 heavy (non-hydrogen) atoms. The molecule has 2 heterocycles. The van der Waals surface area contributed by atoms with Gasteiger partial charge in [-0.2, -0.15) is 0 Å². The first-order chi connectivity index (χ1) is 9.26. The lowest BCUT2D eigenvalue weighted by Crippen LogP contribution is -2.00. The summed E-state index contributed by atoms with van der Waals surface area (Å²) in [5.41, 5.74) is 3.89. The van der Waals surface area contributed by atoms with Crippen molar-refractivity contribution >= 4 is 17.2 Å². The Morgan fingerprint density at radius 3 is 2.89 bits per heavy atom. The van der Waals surface area contributed by atoms with Crippen molar-refractivity contribution in [2.24, 2.45) is 0 Å². The Balaban J connectivity index is 1.99. The molecule has 3 heteroatoms. The van der Waals surface area contributed by atoms with Crippen LogP contribution in [-0.4, -0.2) is 15.8 Å². The zero-order chi connectivity index (χ0) is 13.2. The molecule has 1 aromatic carbocycles. The van der Waals surface area contributed by atoms with Crippen LogP contribution in [0.4, 0.5) is 0 Å². The molecule has 0 fully saturated rings. The van der Waals surface area contributed by atoms with Gasteiger partial charge in [0.25, 0.3) is 0 Å². The number of hydrogen-bond acceptors (Lipinski definition) is 2. The summed E-state index contributed by atoms with van der Waals surface area (Å²) >= 11 is 0. The number of aryl methyl sites for hydroxylation is 1. The Morgan fingerprint density at radius 2 is 2.11 bits per heavy atom. The van der Waals surface area contributed by atoms with Crippen LogP contribution >= 0.6 is 0 Å². The van der Waals surface area contributed by atoms with Gasteiger partial charge in [-0.15, -0.1) is 0 Å². The number of pyridine rings is 1. The number of benzene rings is 1. The third-order valence-electron chi connectivity index (χ3n) is 3.21. The quantitative estimate of drug-likeness (QED) is 0.669. The molecule has 0 N–H and O–H groups in total. The average molecular weight is 250 g/mol. The van der Waals surface area contributed by atoms with E-state index in [1.165, 1.54) is 0 Å². The van der Waals surface area contributed by atoms with Gasteiger partial charge in [0.15, 0.2) is 0 Å². The molecule has 0 saturated heterocycles. The highest BCUT2D eigenvalue weighted by Gasteiger charge is 2.03. The van der Waals surface area contributed by atoms with E-state index in [1.807, 2.05) is 55.6 Å². The summed E-state index contributed by atoms with van der Waals surface area (Å²) in [5.74, 6) is 0. The van der Waals surface area contributed by atoms with Crippen molar-refractivity contribution in [2.45, 2.75) is 13.5 Å². The van der Waals surface area contributed by atoms with Gasteiger partial charge >= 0.3 is 0 Å². The predicted octanol–water partition coefficient (Wildman–Crippen LogP) is 3.21. The molecule has 0 atom stereocenters. The summed E-state index contributed by atoms with van der Waals surface area (Å²) in [5, 5.41) is 1.08. The molecule has 0 amide bonds. The van der Waals surface area contributed by atoms with E-state index in [1.54, 1.807) is 0 Å². The maximum Gasteiger partial charge on any atom is 0.150 e. The van der Waals surface area contributed by atoms with Crippen molar-refractivity contribution in [3.63, 3.8) is 0 Å². The summed E-state index contributed by atoms with van der Waals surface area (Å²) in [7, 11) is 0. The molecule has 0 unspecified atom stereocenters. The van der Waals surface area contributed by atoms with E-state index in [9.17, 15) is 4.79 Å². The zero-order valence-electron chi connectivity index (χ0n) is 10.7. The topological polar surface area (TPSA) is 34.9 Å². The SMILES string of the molecule is Cc1cccc(Cn2ccc3cc(C=O)ccc32)n1. The molecule has 0 saturated carbocycles. The molecule has 0 aliphatic heterocycles. The van der Waals surface area contributed by atoms with Gasteiger partial charge in [0.1, 0.15) is 6.29 Å². The Bertz CT molecular complexity index is 743. The van der Waals surface area contributed by atoms with Crippen molar-refractivity contribution in [3.05, 3.63) is 65.6 Å². The van der Waals surface area contributed by atoms with E-state index in [0.717, 1.165) is 35.1 Å². The van der Waals surface area contributed by atoms with Crippen LogP contribution in [0, 0.1) is 6.92 Å². The highest BCUT2D eigenvalue weighted by Crippen LogP contribution is 2.18. The van der Waals surface area contributed by atoms with Gasteiger partial charge in [-0.3, -0.25) is 9.78 Å². The van der Waals surface area contributed by atoms with Crippen LogP contribution in [-0.2, 0) is 6.54 Å². The van der Waals surface area contributed by atoms with E-state index < -0.39 is 0 Å². The van der Waals surface area contributed by atoms with Gasteiger partial charge in [0.2, 0.25) is 0 Å². The van der Waals surface area contributed by atoms with Crippen LogP contribution in [0.3, 0.4) is 0 Å². The molecule has 0 spiro atoms. The van der Waals surface area contributed by atoms with E-state index in [4.69, 9.17) is 0 Å². The number of fused-ring (bicyclic) bond motifs is 1. The minimum atomic E-state index is 0.707. The highest BCUT2D eigenvalue weighted by atomic mass is 16.1. The molecular weight excluding hydrogens is 236 g/mol. The highest BCUT2D eigenvalue weighted by molar-refractivity contribution is 5.87. The molecular formula is C16H14N2O. The number of carbonyl (C=O) groups excluding carboxylic acids is 1. The number of nitrogens with zero attached hydrogens (tertiary/aromatic N) is 2.